The molecule has 170 valence electrons. The molecule has 2 aromatic rings. The van der Waals surface area contributed by atoms with E-state index in [0.717, 1.165) is 41.8 Å². The quantitative estimate of drug-likeness (QED) is 0.486. The number of aliphatic hydroxyl groups is 1. The Bertz CT molecular complexity index is 1020. The van der Waals surface area contributed by atoms with Crippen molar-refractivity contribution in [3.8, 4) is 0 Å². The molecule has 1 atom stereocenters. The Morgan fingerprint density at radius 2 is 1.72 bits per heavy atom. The van der Waals surface area contributed by atoms with Gasteiger partial charge in [0.2, 0.25) is 0 Å². The van der Waals surface area contributed by atoms with E-state index in [2.05, 4.69) is 88.4 Å². The summed E-state index contributed by atoms with van der Waals surface area (Å²) in [6, 6.07) is 12.8. The largest absolute Gasteiger partial charge is 0.387 e. The summed E-state index contributed by atoms with van der Waals surface area (Å²) in [5.74, 6) is 0.657. The molecule has 32 heavy (non-hydrogen) atoms. The number of fused-ring (bicyclic) bond motifs is 1. The van der Waals surface area contributed by atoms with Crippen molar-refractivity contribution in [2.75, 3.05) is 13.1 Å². The van der Waals surface area contributed by atoms with E-state index in [-0.39, 0.29) is 0 Å². The van der Waals surface area contributed by atoms with Crippen molar-refractivity contribution in [1.82, 2.24) is 4.90 Å². The summed E-state index contributed by atoms with van der Waals surface area (Å²) < 4.78 is 0. The van der Waals surface area contributed by atoms with Gasteiger partial charge in [-0.05, 0) is 53.2 Å². The summed E-state index contributed by atoms with van der Waals surface area (Å²) in [6.07, 6.45) is 4.83. The van der Waals surface area contributed by atoms with Gasteiger partial charge < -0.3 is 10.0 Å². The first-order chi connectivity index (χ1) is 15.2. The first-order valence-electron chi connectivity index (χ1n) is 11.5. The highest BCUT2D eigenvalue weighted by atomic mass is 16.3. The minimum Gasteiger partial charge on any atom is -0.387 e. The summed E-state index contributed by atoms with van der Waals surface area (Å²) in [6.45, 7) is 25.7. The number of hydrogen-bond acceptors (Lipinski definition) is 2. The van der Waals surface area contributed by atoms with E-state index < -0.39 is 6.10 Å². The highest BCUT2D eigenvalue weighted by Gasteiger charge is 2.23. The van der Waals surface area contributed by atoms with Crippen molar-refractivity contribution in [1.29, 1.82) is 0 Å². The van der Waals surface area contributed by atoms with E-state index in [1.165, 1.54) is 21.9 Å². The Labute approximate surface area is 195 Å². The zero-order valence-corrected chi connectivity index (χ0v) is 20.3. The van der Waals surface area contributed by atoms with Gasteiger partial charge in [0.15, 0.2) is 0 Å². The van der Waals surface area contributed by atoms with Crippen molar-refractivity contribution >= 4 is 16.5 Å². The van der Waals surface area contributed by atoms with Gasteiger partial charge in [-0.1, -0.05) is 101 Å². The summed E-state index contributed by atoms with van der Waals surface area (Å²) in [7, 11) is 0. The van der Waals surface area contributed by atoms with Crippen molar-refractivity contribution in [3.63, 3.8) is 0 Å². The first-order valence-corrected chi connectivity index (χ1v) is 11.5. The number of benzene rings is 2. The van der Waals surface area contributed by atoms with Gasteiger partial charge in [-0.15, -0.1) is 0 Å². The lowest BCUT2D eigenvalue weighted by Gasteiger charge is -2.28. The Kier molecular flexibility index (Phi) is 9.28. The van der Waals surface area contributed by atoms with Crippen LogP contribution >= 0.6 is 0 Å². The van der Waals surface area contributed by atoms with E-state index >= 15 is 0 Å². The fourth-order valence-electron chi connectivity index (χ4n) is 3.84. The molecule has 1 aliphatic heterocycles. The summed E-state index contributed by atoms with van der Waals surface area (Å²) in [5, 5.41) is 13.1. The van der Waals surface area contributed by atoms with E-state index in [1.807, 2.05) is 13.0 Å². The number of aryl methyl sites for hydroxylation is 1. The molecule has 1 heterocycles. The van der Waals surface area contributed by atoms with Crippen LogP contribution in [0.15, 0.2) is 91.6 Å². The van der Waals surface area contributed by atoms with Crippen LogP contribution in [0.3, 0.4) is 0 Å². The van der Waals surface area contributed by atoms with Gasteiger partial charge in [0.25, 0.3) is 0 Å². The van der Waals surface area contributed by atoms with Crippen molar-refractivity contribution in [3.05, 3.63) is 103 Å². The third-order valence-electron chi connectivity index (χ3n) is 6.31. The Balaban J connectivity index is 0.000000534. The predicted molar refractivity (Wildman–Crippen MR) is 142 cm³/mol. The SMILES string of the molecule is C=C(C)C(C)C.C=CC1=C(C=C)C(O)CN(C(=C)c2ccc(CC)c3ccccc23)CC1. The average molecular weight is 430 g/mol. The molecule has 0 fully saturated rings. The Hall–Kier alpha value is -2.84. The Morgan fingerprint density at radius 1 is 1.09 bits per heavy atom. The normalized spacial score (nSPS) is 16.3. The molecule has 1 unspecified atom stereocenters. The first kappa shape index (κ1) is 25.4. The van der Waals surface area contributed by atoms with E-state index in [1.54, 1.807) is 6.08 Å². The second kappa shape index (κ2) is 11.7. The zero-order valence-electron chi connectivity index (χ0n) is 20.3. The second-order valence-electron chi connectivity index (χ2n) is 8.72. The van der Waals surface area contributed by atoms with Crippen LogP contribution in [0.4, 0.5) is 0 Å². The fourth-order valence-corrected chi connectivity index (χ4v) is 3.84. The molecule has 0 bridgehead atoms. The molecule has 2 heteroatoms. The van der Waals surface area contributed by atoms with Crippen LogP contribution in [-0.4, -0.2) is 29.2 Å². The third-order valence-corrected chi connectivity index (χ3v) is 6.31. The number of nitrogens with zero attached hydrogens (tertiary/aromatic N) is 1. The predicted octanol–water partition coefficient (Wildman–Crippen LogP) is 7.33. The van der Waals surface area contributed by atoms with Crippen molar-refractivity contribution in [2.45, 2.75) is 46.6 Å². The van der Waals surface area contributed by atoms with Gasteiger partial charge in [0, 0.05) is 24.4 Å². The van der Waals surface area contributed by atoms with Gasteiger partial charge in [-0.25, -0.2) is 0 Å². The van der Waals surface area contributed by atoms with Gasteiger partial charge in [-0.3, -0.25) is 0 Å². The van der Waals surface area contributed by atoms with Gasteiger partial charge in [0.1, 0.15) is 0 Å². The molecule has 0 aromatic heterocycles. The van der Waals surface area contributed by atoms with Crippen molar-refractivity contribution in [2.24, 2.45) is 5.92 Å². The molecule has 0 saturated carbocycles. The second-order valence-corrected chi connectivity index (χ2v) is 8.72. The van der Waals surface area contributed by atoms with Crippen LogP contribution in [0.1, 0.15) is 45.2 Å². The molecule has 1 N–H and O–H groups in total. The van der Waals surface area contributed by atoms with Gasteiger partial charge >= 0.3 is 0 Å². The lowest BCUT2D eigenvalue weighted by Crippen LogP contribution is -2.30. The number of rotatable bonds is 6. The molecule has 2 aromatic carbocycles. The monoisotopic (exact) mass is 429 g/mol. The molecule has 1 aliphatic rings. The van der Waals surface area contributed by atoms with Gasteiger partial charge in [-0.2, -0.15) is 0 Å². The van der Waals surface area contributed by atoms with Gasteiger partial charge in [0.05, 0.1) is 6.10 Å². The van der Waals surface area contributed by atoms with Crippen molar-refractivity contribution < 1.29 is 5.11 Å². The zero-order chi connectivity index (χ0) is 23.8. The standard InChI is InChI=1S/C24H27NO.C6H12/c1-5-18-12-13-21(23-11-9-8-10-22(18)23)17(4)25-15-14-19(6-2)20(7-3)24(26)16-25;1-5(2)6(3)4/h6-13,24,26H,2-5,14-16H2,1H3;6H,1H2,2-4H3. The van der Waals surface area contributed by atoms with E-state index in [0.29, 0.717) is 12.5 Å². The fraction of sp³-hybridized carbons (Fsp3) is 0.333. The molecule has 0 amide bonds. The maximum Gasteiger partial charge on any atom is 0.0967 e. The third kappa shape index (κ3) is 5.89. The summed E-state index contributed by atoms with van der Waals surface area (Å²) >= 11 is 0. The van der Waals surface area contributed by atoms with Crippen LogP contribution in [0.5, 0.6) is 0 Å². The number of aliphatic hydroxyl groups excluding tert-OH is 1. The molecule has 0 spiro atoms. The molecular weight excluding hydrogens is 390 g/mol. The van der Waals surface area contributed by atoms with E-state index in [4.69, 9.17) is 0 Å². The van der Waals surface area contributed by atoms with Crippen LogP contribution in [0.2, 0.25) is 0 Å². The maximum absolute atomic E-state index is 10.7. The minimum atomic E-state index is -0.582. The van der Waals surface area contributed by atoms with Crippen LogP contribution in [0, 0.1) is 5.92 Å². The van der Waals surface area contributed by atoms with Crippen LogP contribution in [0.25, 0.3) is 16.5 Å². The van der Waals surface area contributed by atoms with Crippen LogP contribution < -0.4 is 0 Å². The molecular formula is C30H39NO. The lowest BCUT2D eigenvalue weighted by atomic mass is 9.96. The van der Waals surface area contributed by atoms with Crippen LogP contribution in [-0.2, 0) is 6.42 Å². The lowest BCUT2D eigenvalue weighted by molar-refractivity contribution is 0.178. The maximum atomic E-state index is 10.7. The number of allylic oxidation sites excluding steroid dienone is 2. The highest BCUT2D eigenvalue weighted by molar-refractivity contribution is 5.95. The topological polar surface area (TPSA) is 23.5 Å². The Morgan fingerprint density at radius 3 is 2.25 bits per heavy atom. The van der Waals surface area contributed by atoms with E-state index in [9.17, 15) is 5.11 Å². The molecule has 3 rings (SSSR count). The molecule has 0 saturated heterocycles. The molecule has 0 aliphatic carbocycles. The minimum absolute atomic E-state index is 0.515. The highest BCUT2D eigenvalue weighted by Crippen LogP contribution is 2.31. The summed E-state index contributed by atoms with van der Waals surface area (Å²) in [5.41, 5.74) is 6.63. The molecule has 0 radical (unpaired) electrons. The number of hydrogen-bond donors (Lipinski definition) is 1. The summed E-state index contributed by atoms with van der Waals surface area (Å²) in [4.78, 5) is 2.18. The number of β-amino-alcohol motifs (C(OH)–C–C–N with tert-alkyl or cyclic N) is 1. The molecule has 2 nitrogen and oxygen atoms in total. The smallest absolute Gasteiger partial charge is 0.0967 e. The average Bonchev–Trinajstić information content (AvgIpc) is 2.96.